The van der Waals surface area contributed by atoms with Crippen LogP contribution in [0.4, 0.5) is 0 Å². The van der Waals surface area contributed by atoms with E-state index in [1.807, 2.05) is 0 Å². The second-order valence-corrected chi connectivity index (χ2v) is 5.60. The molecule has 0 aromatic rings. The van der Waals surface area contributed by atoms with Crippen molar-refractivity contribution in [3.05, 3.63) is 0 Å². The first kappa shape index (κ1) is 31.3. The monoisotopic (exact) mass is 302 g/mol. The van der Waals surface area contributed by atoms with E-state index in [1.54, 1.807) is 0 Å². The summed E-state index contributed by atoms with van der Waals surface area (Å²) in [5.41, 5.74) is 0. The van der Waals surface area contributed by atoms with Gasteiger partial charge in [-0.1, -0.05) is 0 Å². The Morgan fingerprint density at radius 2 is 0.933 bits per heavy atom. The Balaban J connectivity index is -0.0000000833. The third kappa shape index (κ3) is 9.33. The molecule has 0 atom stereocenters. The minimum absolute atomic E-state index is 0. The molecule has 0 aromatic carbocycles. The van der Waals surface area contributed by atoms with Crippen molar-refractivity contribution >= 4 is 138 Å². The Hall–Kier alpha value is 3.78. The average molecular weight is 302 g/mol. The molecule has 3 N–H and O–H groups in total. The maximum absolute atomic E-state index is 10.1. The molecule has 15 heavy (non-hydrogen) atoms. The van der Waals surface area contributed by atoms with Crippen molar-refractivity contribution in [2.45, 2.75) is 11.2 Å². The van der Waals surface area contributed by atoms with Crippen LogP contribution in [0.25, 0.3) is 0 Å². The molecular weight excluding hydrogens is 292 g/mol. The van der Waals surface area contributed by atoms with Gasteiger partial charge in [-0.25, -0.2) is 0 Å². The van der Waals surface area contributed by atoms with Crippen LogP contribution in [-0.2, 0) is 20.2 Å². The van der Waals surface area contributed by atoms with Crippen molar-refractivity contribution in [1.29, 1.82) is 0 Å². The molecule has 0 spiro atoms. The summed E-state index contributed by atoms with van der Waals surface area (Å²) in [4.78, 5) is 0. The van der Waals surface area contributed by atoms with Crippen LogP contribution >= 0.6 is 0 Å². The summed E-state index contributed by atoms with van der Waals surface area (Å²) in [5.74, 6) is 0. The molecule has 0 fully saturated rings. The zero-order chi connectivity index (χ0) is 9.50. The summed E-state index contributed by atoms with van der Waals surface area (Å²) in [6, 6.07) is 0. The van der Waals surface area contributed by atoms with Crippen molar-refractivity contribution in [3.8, 4) is 0 Å². The van der Waals surface area contributed by atoms with Crippen LogP contribution in [0.2, 0.25) is 0 Å². The summed E-state index contributed by atoms with van der Waals surface area (Å²) in [7, 11) is -10.5. The molecule has 0 unspecified atom stereocenters. The standard InChI is InChI=1S/C2H6O7S2.4Na.4H/c1-2(3,10(4,5)6)11(7,8)9;;;;;;;;/h3H,1H3,(H,4,5,6)(H,7,8,9);;;;;;;;. The Morgan fingerprint density at radius 1 is 0.800 bits per heavy atom. The Bertz CT molecular complexity index is 309. The van der Waals surface area contributed by atoms with Crippen molar-refractivity contribution in [2.75, 3.05) is 0 Å². The molecule has 7 nitrogen and oxygen atoms in total. The summed E-state index contributed by atoms with van der Waals surface area (Å²) >= 11 is 0. The molecule has 76 valence electrons. The van der Waals surface area contributed by atoms with Crippen molar-refractivity contribution in [1.82, 2.24) is 0 Å². The SMILES string of the molecule is CC(O)(S(=O)(=O)O)S(=O)(=O)O.[NaH].[NaH].[NaH].[NaH]. The second kappa shape index (κ2) is 10.6. The van der Waals surface area contributed by atoms with Gasteiger partial charge in [0, 0.05) is 0 Å². The molecule has 0 saturated carbocycles. The molecule has 0 aliphatic rings. The van der Waals surface area contributed by atoms with Gasteiger partial charge in [-0.2, -0.15) is 16.8 Å². The fourth-order valence-electron chi connectivity index (χ4n) is 0.133. The van der Waals surface area contributed by atoms with Crippen molar-refractivity contribution in [3.63, 3.8) is 0 Å². The fourth-order valence-corrected chi connectivity index (χ4v) is 1.20. The molecule has 0 radical (unpaired) electrons. The van der Waals surface area contributed by atoms with E-state index in [9.17, 15) is 16.8 Å². The van der Waals surface area contributed by atoms with E-state index in [4.69, 9.17) is 14.2 Å². The van der Waals surface area contributed by atoms with Gasteiger partial charge in [-0.05, 0) is 6.92 Å². The van der Waals surface area contributed by atoms with Crippen LogP contribution < -0.4 is 0 Å². The van der Waals surface area contributed by atoms with E-state index in [1.165, 1.54) is 0 Å². The second-order valence-electron chi connectivity index (χ2n) is 1.85. The molecule has 0 aliphatic carbocycles. The van der Waals surface area contributed by atoms with Gasteiger partial charge in [0.1, 0.15) is 0 Å². The summed E-state index contributed by atoms with van der Waals surface area (Å²) in [6.07, 6.45) is 0. The normalized spacial score (nSPS) is 10.9. The first-order valence-corrected chi connectivity index (χ1v) is 5.04. The van der Waals surface area contributed by atoms with Gasteiger partial charge in [0.15, 0.2) is 0 Å². The minimum atomic E-state index is -5.24. The average Bonchev–Trinajstić information content (AvgIpc) is 1.58. The maximum atomic E-state index is 10.1. The Labute approximate surface area is 177 Å². The zero-order valence-corrected chi connectivity index (χ0v) is 6.92. The Kier molecular flexibility index (Phi) is 22.0. The van der Waals surface area contributed by atoms with Crippen LogP contribution in [0, 0.1) is 0 Å². The van der Waals surface area contributed by atoms with Gasteiger partial charge < -0.3 is 5.11 Å². The summed E-state index contributed by atoms with van der Waals surface area (Å²) in [6.45, 7) is 0.234. The number of rotatable bonds is 2. The van der Waals surface area contributed by atoms with Gasteiger partial charge in [-0.15, -0.1) is 0 Å². The van der Waals surface area contributed by atoms with E-state index in [-0.39, 0.29) is 125 Å². The van der Waals surface area contributed by atoms with Crippen LogP contribution in [-0.4, -0.2) is 154 Å². The van der Waals surface area contributed by atoms with Gasteiger partial charge in [0.2, 0.25) is 0 Å². The molecule has 0 heterocycles. The number of hydrogen-bond acceptors (Lipinski definition) is 5. The first-order valence-electron chi connectivity index (χ1n) is 2.16. The van der Waals surface area contributed by atoms with Crippen LogP contribution in [0.3, 0.4) is 0 Å². The van der Waals surface area contributed by atoms with Crippen LogP contribution in [0.15, 0.2) is 0 Å². The molecule has 0 aromatic heterocycles. The number of aliphatic hydroxyl groups is 1. The molecule has 0 bridgehead atoms. The van der Waals surface area contributed by atoms with Crippen molar-refractivity contribution in [2.24, 2.45) is 0 Å². The topological polar surface area (TPSA) is 129 Å². The summed E-state index contributed by atoms with van der Waals surface area (Å²) in [5, 5.41) is 8.51. The predicted octanol–water partition coefficient (Wildman–Crippen LogP) is -4.17. The number of hydrogen-bond donors (Lipinski definition) is 3. The molecule has 0 saturated heterocycles. The third-order valence-corrected chi connectivity index (χ3v) is 4.14. The van der Waals surface area contributed by atoms with E-state index in [0.29, 0.717) is 0 Å². The Morgan fingerprint density at radius 3 is 0.933 bits per heavy atom. The van der Waals surface area contributed by atoms with Crippen LogP contribution in [0.5, 0.6) is 0 Å². The van der Waals surface area contributed by atoms with Crippen molar-refractivity contribution < 1.29 is 31.0 Å². The fraction of sp³-hybridized carbons (Fsp3) is 1.00. The quantitative estimate of drug-likeness (QED) is 0.349. The molecule has 0 rings (SSSR count). The van der Waals surface area contributed by atoms with Gasteiger partial charge in [0.05, 0.1) is 0 Å². The zero-order valence-electron chi connectivity index (χ0n) is 5.29. The van der Waals surface area contributed by atoms with Gasteiger partial charge in [-0.3, -0.25) is 9.11 Å². The van der Waals surface area contributed by atoms with E-state index < -0.39 is 24.5 Å². The first-order chi connectivity index (χ1) is 4.50. The molecule has 0 amide bonds. The van der Waals surface area contributed by atoms with E-state index in [0.717, 1.165) is 0 Å². The van der Waals surface area contributed by atoms with Crippen LogP contribution in [0.1, 0.15) is 6.92 Å². The predicted molar refractivity (Wildman–Crippen MR) is 62.3 cm³/mol. The molecule has 13 heteroatoms. The van der Waals surface area contributed by atoms with E-state index >= 15 is 0 Å². The van der Waals surface area contributed by atoms with Gasteiger partial charge >= 0.3 is 143 Å². The summed E-state index contributed by atoms with van der Waals surface area (Å²) < 4.78 is 52.8. The van der Waals surface area contributed by atoms with E-state index in [2.05, 4.69) is 0 Å². The third-order valence-electron chi connectivity index (χ3n) is 0.957. The van der Waals surface area contributed by atoms with Gasteiger partial charge in [0.25, 0.3) is 0 Å². The molecule has 0 aliphatic heterocycles. The molecular formula is C2H10Na4O7S2.